The van der Waals surface area contributed by atoms with E-state index >= 15 is 0 Å². The van der Waals surface area contributed by atoms with E-state index < -0.39 is 0 Å². The summed E-state index contributed by atoms with van der Waals surface area (Å²) < 4.78 is 0. The first kappa shape index (κ1) is 7.60. The van der Waals surface area contributed by atoms with Crippen LogP contribution in [-0.2, 0) is 0 Å². The molecule has 2 aliphatic carbocycles. The van der Waals surface area contributed by atoms with Gasteiger partial charge in [-0.1, -0.05) is 25.7 Å². The van der Waals surface area contributed by atoms with Crippen molar-refractivity contribution < 1.29 is 0 Å². The van der Waals surface area contributed by atoms with Crippen LogP contribution in [0.1, 0.15) is 51.4 Å². The van der Waals surface area contributed by atoms with Crippen LogP contribution in [0.4, 0.5) is 0 Å². The molecule has 0 spiro atoms. The Morgan fingerprint density at radius 1 is 0.636 bits per heavy atom. The van der Waals surface area contributed by atoms with Gasteiger partial charge in [-0.25, -0.2) is 0 Å². The van der Waals surface area contributed by atoms with Gasteiger partial charge in [0.2, 0.25) is 0 Å². The predicted molar refractivity (Wildman–Crippen MR) is 47.6 cm³/mol. The molecule has 11 heavy (non-hydrogen) atoms. The zero-order valence-corrected chi connectivity index (χ0v) is 7.31. The highest BCUT2D eigenvalue weighted by Crippen LogP contribution is 2.24. The molecule has 0 atom stereocenters. The minimum absolute atomic E-state index is 0.880. The maximum Gasteiger partial charge on any atom is 0.00708 e. The highest BCUT2D eigenvalue weighted by molar-refractivity contribution is 4.85. The highest BCUT2D eigenvalue weighted by atomic mass is 15.0. The molecular weight excluding hydrogens is 134 g/mol. The van der Waals surface area contributed by atoms with Crippen molar-refractivity contribution in [3.63, 3.8) is 0 Å². The van der Waals surface area contributed by atoms with Crippen molar-refractivity contribution in [2.24, 2.45) is 0 Å². The summed E-state index contributed by atoms with van der Waals surface area (Å²) in [6.07, 6.45) is 11.6. The fraction of sp³-hybridized carbons (Fsp3) is 1.00. The van der Waals surface area contributed by atoms with Gasteiger partial charge in [0, 0.05) is 12.1 Å². The lowest BCUT2D eigenvalue weighted by molar-refractivity contribution is 0.457. The molecule has 0 amide bonds. The fourth-order valence-electron chi connectivity index (χ4n) is 2.03. The zero-order valence-electron chi connectivity index (χ0n) is 7.31. The van der Waals surface area contributed by atoms with E-state index in [0.717, 1.165) is 12.1 Å². The van der Waals surface area contributed by atoms with Gasteiger partial charge in [-0.15, -0.1) is 0 Å². The van der Waals surface area contributed by atoms with Gasteiger partial charge in [0.15, 0.2) is 0 Å². The highest BCUT2D eigenvalue weighted by Gasteiger charge is 2.24. The third-order valence-electron chi connectivity index (χ3n) is 2.90. The van der Waals surface area contributed by atoms with Gasteiger partial charge in [-0.3, -0.25) is 0 Å². The van der Waals surface area contributed by atoms with Crippen molar-refractivity contribution in [3.8, 4) is 0 Å². The molecule has 2 fully saturated rings. The Bertz CT molecular complexity index is 110. The van der Waals surface area contributed by atoms with E-state index in [9.17, 15) is 0 Å². The minimum atomic E-state index is 0.880. The molecule has 0 heterocycles. The first-order valence-electron chi connectivity index (χ1n) is 5.21. The molecule has 0 aromatic heterocycles. The lowest BCUT2D eigenvalue weighted by Crippen LogP contribution is -2.30. The van der Waals surface area contributed by atoms with Gasteiger partial charge in [-0.05, 0) is 25.7 Å². The molecule has 0 bridgehead atoms. The molecule has 0 aromatic rings. The number of rotatable bonds is 2. The van der Waals surface area contributed by atoms with Crippen LogP contribution >= 0.6 is 0 Å². The summed E-state index contributed by atoms with van der Waals surface area (Å²) in [6.45, 7) is 0. The van der Waals surface area contributed by atoms with Crippen molar-refractivity contribution in [1.29, 1.82) is 0 Å². The Hall–Kier alpha value is -0.0400. The normalized spacial score (nSPS) is 28.4. The van der Waals surface area contributed by atoms with Gasteiger partial charge in [0.1, 0.15) is 0 Å². The van der Waals surface area contributed by atoms with E-state index in [1.807, 2.05) is 0 Å². The summed E-state index contributed by atoms with van der Waals surface area (Å²) >= 11 is 0. The van der Waals surface area contributed by atoms with E-state index in [1.165, 1.54) is 51.4 Å². The minimum Gasteiger partial charge on any atom is -0.311 e. The van der Waals surface area contributed by atoms with Crippen LogP contribution in [0.25, 0.3) is 0 Å². The lowest BCUT2D eigenvalue weighted by Gasteiger charge is -2.14. The first-order valence-corrected chi connectivity index (χ1v) is 5.21. The maximum absolute atomic E-state index is 3.73. The van der Waals surface area contributed by atoms with Gasteiger partial charge in [0.05, 0.1) is 0 Å². The third kappa shape index (κ3) is 2.48. The molecule has 1 heteroatoms. The average molecular weight is 153 g/mol. The first-order chi connectivity index (χ1) is 5.45. The molecule has 2 rings (SSSR count). The quantitative estimate of drug-likeness (QED) is 0.601. The molecule has 1 N–H and O–H groups in total. The molecule has 2 saturated carbocycles. The van der Waals surface area contributed by atoms with E-state index in [1.54, 1.807) is 0 Å². The van der Waals surface area contributed by atoms with Crippen LogP contribution in [-0.4, -0.2) is 12.1 Å². The number of nitrogens with one attached hydrogen (secondary N) is 1. The monoisotopic (exact) mass is 153 g/mol. The Kier molecular flexibility index (Phi) is 2.47. The molecule has 1 nitrogen and oxygen atoms in total. The van der Waals surface area contributed by atoms with Crippen molar-refractivity contribution in [1.82, 2.24) is 5.32 Å². The molecule has 2 aliphatic rings. The molecule has 0 saturated heterocycles. The Morgan fingerprint density at radius 3 is 1.73 bits per heavy atom. The summed E-state index contributed by atoms with van der Waals surface area (Å²) in [4.78, 5) is 0. The smallest absolute Gasteiger partial charge is 0.00708 e. The van der Waals surface area contributed by atoms with Crippen LogP contribution in [0, 0.1) is 0 Å². The molecule has 0 unspecified atom stereocenters. The third-order valence-corrected chi connectivity index (χ3v) is 2.90. The van der Waals surface area contributed by atoms with Crippen LogP contribution in [0.3, 0.4) is 0 Å². The van der Waals surface area contributed by atoms with Gasteiger partial charge in [-0.2, -0.15) is 0 Å². The van der Waals surface area contributed by atoms with Gasteiger partial charge in [0.25, 0.3) is 0 Å². The van der Waals surface area contributed by atoms with Crippen molar-refractivity contribution in [3.05, 3.63) is 0 Å². The standard InChI is InChI=1S/C10H19N/c1-2-4-6-9(5-3-1)11-10-7-8-10/h9-11H,1-8H2. The van der Waals surface area contributed by atoms with E-state index in [4.69, 9.17) is 0 Å². The molecule has 0 aliphatic heterocycles. The molecule has 0 aromatic carbocycles. The second kappa shape index (κ2) is 3.57. The second-order valence-electron chi connectivity index (χ2n) is 4.13. The van der Waals surface area contributed by atoms with Crippen molar-refractivity contribution in [2.75, 3.05) is 0 Å². The van der Waals surface area contributed by atoms with Gasteiger partial charge < -0.3 is 5.32 Å². The van der Waals surface area contributed by atoms with E-state index in [0.29, 0.717) is 0 Å². The topological polar surface area (TPSA) is 12.0 Å². The SMILES string of the molecule is C1CCCC(NC2CC2)CC1. The molecular formula is C10H19N. The van der Waals surface area contributed by atoms with E-state index in [2.05, 4.69) is 5.32 Å². The maximum atomic E-state index is 3.73. The summed E-state index contributed by atoms with van der Waals surface area (Å²) in [5.41, 5.74) is 0. The second-order valence-corrected chi connectivity index (χ2v) is 4.13. The summed E-state index contributed by atoms with van der Waals surface area (Å²) in [5.74, 6) is 0. The molecule has 64 valence electrons. The average Bonchev–Trinajstić information content (AvgIpc) is 2.77. The van der Waals surface area contributed by atoms with Crippen LogP contribution in [0.5, 0.6) is 0 Å². The summed E-state index contributed by atoms with van der Waals surface area (Å²) in [7, 11) is 0. The molecule has 0 radical (unpaired) electrons. The Morgan fingerprint density at radius 2 is 1.18 bits per heavy atom. The van der Waals surface area contributed by atoms with Crippen LogP contribution in [0.2, 0.25) is 0 Å². The Balaban J connectivity index is 1.71. The zero-order chi connectivity index (χ0) is 7.52. The van der Waals surface area contributed by atoms with Crippen molar-refractivity contribution >= 4 is 0 Å². The summed E-state index contributed by atoms with van der Waals surface area (Å²) in [5, 5.41) is 3.73. The Labute approximate surface area is 69.6 Å². The predicted octanol–water partition coefficient (Wildman–Crippen LogP) is 2.46. The van der Waals surface area contributed by atoms with Gasteiger partial charge >= 0.3 is 0 Å². The largest absolute Gasteiger partial charge is 0.311 e. The summed E-state index contributed by atoms with van der Waals surface area (Å²) in [6, 6.07) is 1.79. The van der Waals surface area contributed by atoms with E-state index in [-0.39, 0.29) is 0 Å². The number of hydrogen-bond acceptors (Lipinski definition) is 1. The fourth-order valence-corrected chi connectivity index (χ4v) is 2.03. The van der Waals surface area contributed by atoms with Crippen LogP contribution < -0.4 is 5.32 Å². The van der Waals surface area contributed by atoms with Crippen LogP contribution in [0.15, 0.2) is 0 Å². The van der Waals surface area contributed by atoms with Crippen molar-refractivity contribution in [2.45, 2.75) is 63.5 Å². The lowest BCUT2D eigenvalue weighted by atomic mass is 10.1. The number of hydrogen-bond donors (Lipinski definition) is 1.